The van der Waals surface area contributed by atoms with E-state index in [1.54, 1.807) is 12.1 Å². The maximum atomic E-state index is 10.4. The molecule has 1 aromatic carbocycles. The van der Waals surface area contributed by atoms with Crippen LogP contribution in [0, 0.1) is 6.92 Å². The number of hydrogen-bond acceptors (Lipinski definition) is 3. The van der Waals surface area contributed by atoms with Gasteiger partial charge < -0.3 is 9.04 Å². The van der Waals surface area contributed by atoms with Gasteiger partial charge >= 0.3 is 0 Å². The van der Waals surface area contributed by atoms with Crippen molar-refractivity contribution in [2.75, 3.05) is 26.1 Å². The molecule has 0 aliphatic heterocycles. The van der Waals surface area contributed by atoms with E-state index in [-0.39, 0.29) is 4.90 Å². The quantitative estimate of drug-likeness (QED) is 0.187. The fourth-order valence-electron chi connectivity index (χ4n) is 2.42. The van der Waals surface area contributed by atoms with Gasteiger partial charge in [0.25, 0.3) is 0 Å². The molecule has 0 saturated carbocycles. The van der Waals surface area contributed by atoms with Crippen LogP contribution in [0.5, 0.6) is 0 Å². The summed E-state index contributed by atoms with van der Waals surface area (Å²) in [5.74, 6) is 0. The van der Waals surface area contributed by atoms with Gasteiger partial charge in [0.1, 0.15) is 10.1 Å². The molecule has 0 radical (unpaired) electrons. The molecule has 6 heteroatoms. The van der Waals surface area contributed by atoms with Gasteiger partial charge in [0.2, 0.25) is 0 Å². The molecule has 0 heterocycles. The first-order valence-electron chi connectivity index (χ1n) is 9.10. The number of benzene rings is 1. The summed E-state index contributed by atoms with van der Waals surface area (Å²) in [6, 6.07) is 6.55. The van der Waals surface area contributed by atoms with Crippen LogP contribution in [0.1, 0.15) is 57.9 Å². The summed E-state index contributed by atoms with van der Waals surface area (Å²) < 4.78 is 32.2. The number of rotatable bonds is 10. The van der Waals surface area contributed by atoms with Crippen LogP contribution in [-0.4, -0.2) is 43.6 Å². The molecule has 0 unspecified atom stereocenters. The Morgan fingerprint density at radius 2 is 1.40 bits per heavy atom. The molecule has 0 aromatic heterocycles. The first-order chi connectivity index (χ1) is 11.7. The Morgan fingerprint density at radius 1 is 0.960 bits per heavy atom. The van der Waals surface area contributed by atoms with Crippen molar-refractivity contribution in [3.63, 3.8) is 0 Å². The van der Waals surface area contributed by atoms with Crippen LogP contribution in [-0.2, 0) is 10.1 Å². The minimum atomic E-state index is -4.27. The van der Waals surface area contributed by atoms with Gasteiger partial charge in [0, 0.05) is 0 Å². The number of alkyl halides is 1. The SMILES string of the molecule is CCCCC[N+](C)(CCl)CCCCC.Cc1ccc(S(=O)(=O)[O-])cc1. The lowest BCUT2D eigenvalue weighted by atomic mass is 10.2. The highest BCUT2D eigenvalue weighted by Crippen LogP contribution is 2.11. The van der Waals surface area contributed by atoms with E-state index in [0.29, 0.717) is 0 Å². The Morgan fingerprint density at radius 3 is 1.72 bits per heavy atom. The first kappa shape index (κ1) is 24.4. The monoisotopic (exact) mass is 391 g/mol. The van der Waals surface area contributed by atoms with Gasteiger partial charge in [-0.3, -0.25) is 0 Å². The van der Waals surface area contributed by atoms with E-state index in [9.17, 15) is 13.0 Å². The van der Waals surface area contributed by atoms with Gasteiger partial charge in [-0.2, -0.15) is 0 Å². The first-order valence-corrected chi connectivity index (χ1v) is 11.0. The largest absolute Gasteiger partial charge is 0.744 e. The Hall–Kier alpha value is -0.620. The molecule has 4 nitrogen and oxygen atoms in total. The molecular weight excluding hydrogens is 358 g/mol. The van der Waals surface area contributed by atoms with E-state index in [0.717, 1.165) is 16.1 Å². The summed E-state index contributed by atoms with van der Waals surface area (Å²) in [6.07, 6.45) is 7.95. The van der Waals surface area contributed by atoms with Crippen LogP contribution in [0.15, 0.2) is 29.2 Å². The maximum Gasteiger partial charge on any atom is 0.154 e. The van der Waals surface area contributed by atoms with E-state index < -0.39 is 10.1 Å². The van der Waals surface area contributed by atoms with Crippen LogP contribution in [0.3, 0.4) is 0 Å². The predicted molar refractivity (Wildman–Crippen MR) is 105 cm³/mol. The third-order valence-corrected chi connectivity index (χ3v) is 5.63. The molecule has 0 aliphatic rings. The Balaban J connectivity index is 0.000000472. The zero-order valence-corrected chi connectivity index (χ0v) is 17.7. The number of aryl methyl sites for hydroxylation is 1. The van der Waals surface area contributed by atoms with Crippen molar-refractivity contribution in [1.29, 1.82) is 0 Å². The highest BCUT2D eigenvalue weighted by Gasteiger charge is 2.18. The zero-order chi connectivity index (χ0) is 19.3. The van der Waals surface area contributed by atoms with Gasteiger partial charge in [-0.15, -0.1) is 0 Å². The molecule has 25 heavy (non-hydrogen) atoms. The summed E-state index contributed by atoms with van der Waals surface area (Å²) >= 11 is 6.04. The van der Waals surface area contributed by atoms with Gasteiger partial charge in [-0.25, -0.2) is 8.42 Å². The minimum absolute atomic E-state index is 0.178. The van der Waals surface area contributed by atoms with Crippen molar-refractivity contribution in [3.05, 3.63) is 29.8 Å². The number of nitrogens with zero attached hydrogens (tertiary/aromatic N) is 1. The van der Waals surface area contributed by atoms with E-state index in [1.165, 1.54) is 63.7 Å². The van der Waals surface area contributed by atoms with Crippen LogP contribution in [0.4, 0.5) is 0 Å². The second kappa shape index (κ2) is 12.7. The standard InChI is InChI=1S/C12H27ClN.C7H8O3S/c1-4-6-8-10-14(3,12-13)11-9-7-5-2;1-6-2-4-7(5-3-6)11(8,9)10/h4-12H2,1-3H3;2-5H,1H3,(H,8,9,10)/q+1;/p-1. The molecule has 0 spiro atoms. The van der Waals surface area contributed by atoms with Crippen molar-refractivity contribution in [3.8, 4) is 0 Å². The normalized spacial score (nSPS) is 11.8. The topological polar surface area (TPSA) is 57.2 Å². The third kappa shape index (κ3) is 11.6. The molecule has 0 aliphatic carbocycles. The Labute approximate surface area is 159 Å². The average Bonchev–Trinajstić information content (AvgIpc) is 2.55. The van der Waals surface area contributed by atoms with Crippen LogP contribution >= 0.6 is 11.6 Å². The van der Waals surface area contributed by atoms with Crippen molar-refractivity contribution >= 4 is 21.7 Å². The number of unbranched alkanes of at least 4 members (excludes halogenated alkanes) is 4. The Bertz CT molecular complexity index is 549. The lowest BCUT2D eigenvalue weighted by molar-refractivity contribution is -0.899. The lowest BCUT2D eigenvalue weighted by Crippen LogP contribution is -2.44. The molecule has 0 N–H and O–H groups in total. The van der Waals surface area contributed by atoms with Crippen molar-refractivity contribution < 1.29 is 17.5 Å². The minimum Gasteiger partial charge on any atom is -0.744 e. The second-order valence-corrected chi connectivity index (χ2v) is 8.49. The van der Waals surface area contributed by atoms with Crippen molar-refractivity contribution in [2.45, 2.75) is 64.2 Å². The fraction of sp³-hybridized carbons (Fsp3) is 0.684. The predicted octanol–water partition coefficient (Wildman–Crippen LogP) is 4.91. The van der Waals surface area contributed by atoms with Gasteiger partial charge in [0.05, 0.1) is 25.0 Å². The molecule has 146 valence electrons. The van der Waals surface area contributed by atoms with E-state index in [4.69, 9.17) is 11.6 Å². The van der Waals surface area contributed by atoms with Gasteiger partial charge in [-0.05, 0) is 44.7 Å². The molecule has 1 rings (SSSR count). The summed E-state index contributed by atoms with van der Waals surface area (Å²) in [5, 5.41) is 0. The smallest absolute Gasteiger partial charge is 0.154 e. The molecule has 0 fully saturated rings. The lowest BCUT2D eigenvalue weighted by Gasteiger charge is -2.32. The molecule has 0 saturated heterocycles. The highest BCUT2D eigenvalue weighted by molar-refractivity contribution is 7.85. The van der Waals surface area contributed by atoms with E-state index in [1.807, 2.05) is 6.92 Å². The molecule has 1 aromatic rings. The number of quaternary nitrogens is 1. The Kier molecular flexibility index (Phi) is 12.4. The third-order valence-electron chi connectivity index (χ3n) is 4.20. The van der Waals surface area contributed by atoms with E-state index >= 15 is 0 Å². The van der Waals surface area contributed by atoms with E-state index in [2.05, 4.69) is 20.9 Å². The molecule has 0 atom stereocenters. The summed E-state index contributed by atoms with van der Waals surface area (Å²) in [4.78, 5) is -0.178. The summed E-state index contributed by atoms with van der Waals surface area (Å²) in [6.45, 7) is 8.83. The average molecular weight is 392 g/mol. The van der Waals surface area contributed by atoms with Crippen molar-refractivity contribution in [2.24, 2.45) is 0 Å². The fourth-order valence-corrected chi connectivity index (χ4v) is 3.13. The molecule has 0 amide bonds. The maximum absolute atomic E-state index is 10.4. The van der Waals surface area contributed by atoms with Gasteiger partial charge in [-0.1, -0.05) is 56.0 Å². The zero-order valence-electron chi connectivity index (χ0n) is 16.1. The van der Waals surface area contributed by atoms with Gasteiger partial charge in [0.15, 0.2) is 6.00 Å². The number of hydrogen-bond donors (Lipinski definition) is 0. The van der Waals surface area contributed by atoms with Crippen LogP contribution < -0.4 is 0 Å². The highest BCUT2D eigenvalue weighted by atomic mass is 35.5. The van der Waals surface area contributed by atoms with Crippen molar-refractivity contribution in [1.82, 2.24) is 0 Å². The van der Waals surface area contributed by atoms with Crippen LogP contribution in [0.25, 0.3) is 0 Å². The summed E-state index contributed by atoms with van der Waals surface area (Å²) in [7, 11) is -1.98. The molecule has 0 bridgehead atoms. The van der Waals surface area contributed by atoms with Crippen LogP contribution in [0.2, 0.25) is 0 Å². The summed E-state index contributed by atoms with van der Waals surface area (Å²) in [5.41, 5.74) is 0.928. The second-order valence-electron chi connectivity index (χ2n) is 6.87. The number of halogens is 1. The molecular formula is C19H34ClNO3S.